The predicted octanol–water partition coefficient (Wildman–Crippen LogP) is 2.91. The van der Waals surface area contributed by atoms with Crippen molar-refractivity contribution >= 4 is 33.2 Å². The topological polar surface area (TPSA) is 87.6 Å². The number of nitrogens with zero attached hydrogens (tertiary/aromatic N) is 2. The lowest BCUT2D eigenvalue weighted by molar-refractivity contribution is 0.0690. The summed E-state index contributed by atoms with van der Waals surface area (Å²) in [6.45, 7) is 0.489. The summed E-state index contributed by atoms with van der Waals surface area (Å²) in [5.74, 6) is -1.09. The molecule has 25 heavy (non-hydrogen) atoms. The third kappa shape index (κ3) is 3.73. The Bertz CT molecular complexity index is 957. The molecule has 2 aromatic rings. The van der Waals surface area contributed by atoms with Crippen LogP contribution in [-0.4, -0.2) is 41.9 Å². The summed E-state index contributed by atoms with van der Waals surface area (Å²) >= 11 is 5.88. The van der Waals surface area contributed by atoms with Crippen LogP contribution in [-0.2, 0) is 10.0 Å². The van der Waals surface area contributed by atoms with Crippen molar-refractivity contribution in [1.82, 2.24) is 9.29 Å². The first-order valence-corrected chi connectivity index (χ1v) is 9.35. The first-order valence-electron chi connectivity index (χ1n) is 7.53. The van der Waals surface area contributed by atoms with Gasteiger partial charge < -0.3 is 5.11 Å². The van der Waals surface area contributed by atoms with Gasteiger partial charge in [-0.2, -0.15) is 4.31 Å². The maximum absolute atomic E-state index is 12.7. The molecule has 0 amide bonds. The smallest absolute Gasteiger partial charge is 0.354 e. The molecular weight excluding hydrogens is 364 g/mol. The largest absolute Gasteiger partial charge is 0.477 e. The van der Waals surface area contributed by atoms with Crippen LogP contribution in [0, 0.1) is 0 Å². The molecule has 1 aliphatic heterocycles. The maximum Gasteiger partial charge on any atom is 0.354 e. The van der Waals surface area contributed by atoms with E-state index in [0.29, 0.717) is 23.7 Å². The normalized spacial score (nSPS) is 15.6. The molecule has 0 saturated carbocycles. The highest BCUT2D eigenvalue weighted by molar-refractivity contribution is 7.89. The van der Waals surface area contributed by atoms with Gasteiger partial charge in [-0.1, -0.05) is 29.8 Å². The first-order chi connectivity index (χ1) is 11.9. The molecular formula is C17H15ClN2O4S. The number of carboxylic acid groups (broad SMARTS) is 1. The van der Waals surface area contributed by atoms with Crippen LogP contribution in [0.5, 0.6) is 0 Å². The highest BCUT2D eigenvalue weighted by Gasteiger charge is 2.26. The quantitative estimate of drug-likeness (QED) is 0.883. The summed E-state index contributed by atoms with van der Waals surface area (Å²) in [6.07, 6.45) is 2.22. The molecule has 0 fully saturated rings. The monoisotopic (exact) mass is 378 g/mol. The van der Waals surface area contributed by atoms with Crippen LogP contribution >= 0.6 is 11.6 Å². The fourth-order valence-electron chi connectivity index (χ4n) is 2.61. The van der Waals surface area contributed by atoms with E-state index in [-0.39, 0.29) is 17.1 Å². The predicted molar refractivity (Wildman–Crippen MR) is 94.0 cm³/mol. The second-order valence-electron chi connectivity index (χ2n) is 5.51. The average molecular weight is 379 g/mol. The number of carboxylic acids is 1. The first kappa shape index (κ1) is 17.6. The van der Waals surface area contributed by atoms with Gasteiger partial charge in [-0.15, -0.1) is 0 Å². The lowest BCUT2D eigenvalue weighted by Crippen LogP contribution is -2.34. The maximum atomic E-state index is 12.7. The minimum atomic E-state index is -3.62. The van der Waals surface area contributed by atoms with E-state index in [0.717, 1.165) is 5.57 Å². The van der Waals surface area contributed by atoms with Crippen LogP contribution in [0.4, 0.5) is 0 Å². The number of hydrogen-bond acceptors (Lipinski definition) is 4. The van der Waals surface area contributed by atoms with Crippen molar-refractivity contribution < 1.29 is 18.3 Å². The lowest BCUT2D eigenvalue weighted by Gasteiger charge is -2.25. The second kappa shape index (κ2) is 6.95. The summed E-state index contributed by atoms with van der Waals surface area (Å²) in [6, 6.07) is 10.9. The van der Waals surface area contributed by atoms with Gasteiger partial charge in [0.2, 0.25) is 10.0 Å². The Kier molecular flexibility index (Phi) is 4.89. The Hall–Kier alpha value is -2.22. The fraction of sp³-hybridized carbons (Fsp3) is 0.176. The summed E-state index contributed by atoms with van der Waals surface area (Å²) in [7, 11) is -3.62. The molecule has 130 valence electrons. The molecule has 0 bridgehead atoms. The highest BCUT2D eigenvalue weighted by Crippen LogP contribution is 2.26. The number of carbonyl (C=O) groups is 1. The van der Waals surface area contributed by atoms with E-state index in [9.17, 15) is 13.2 Å². The number of aromatic carboxylic acids is 1. The van der Waals surface area contributed by atoms with Gasteiger partial charge in [-0.25, -0.2) is 18.2 Å². The van der Waals surface area contributed by atoms with E-state index in [1.54, 1.807) is 30.3 Å². The Morgan fingerprint density at radius 1 is 1.20 bits per heavy atom. The lowest BCUT2D eigenvalue weighted by atomic mass is 10.1. The number of aromatic nitrogens is 1. The van der Waals surface area contributed by atoms with Crippen molar-refractivity contribution in [1.29, 1.82) is 0 Å². The Morgan fingerprint density at radius 2 is 1.96 bits per heavy atom. The van der Waals surface area contributed by atoms with Gasteiger partial charge in [-0.3, -0.25) is 0 Å². The van der Waals surface area contributed by atoms with E-state index in [4.69, 9.17) is 16.7 Å². The minimum Gasteiger partial charge on any atom is -0.477 e. The van der Waals surface area contributed by atoms with E-state index in [1.165, 1.54) is 22.5 Å². The molecule has 1 aromatic heterocycles. The Labute approximate surface area is 150 Å². The van der Waals surface area contributed by atoms with Crippen LogP contribution in [0.15, 0.2) is 53.4 Å². The zero-order valence-corrected chi connectivity index (χ0v) is 14.7. The third-order valence-electron chi connectivity index (χ3n) is 3.90. The molecule has 0 unspecified atom stereocenters. The van der Waals surface area contributed by atoms with E-state index in [2.05, 4.69) is 4.98 Å². The van der Waals surface area contributed by atoms with Gasteiger partial charge in [0, 0.05) is 18.1 Å². The second-order valence-corrected chi connectivity index (χ2v) is 7.89. The van der Waals surface area contributed by atoms with E-state index in [1.807, 2.05) is 0 Å². The van der Waals surface area contributed by atoms with Gasteiger partial charge >= 0.3 is 5.97 Å². The SMILES string of the molecule is O=C(O)c1cccc(C2=CCN(S(=O)(=O)c3cccc(Cl)c3)CC2)n1. The number of sulfonamides is 1. The molecule has 1 aromatic carbocycles. The molecule has 8 heteroatoms. The zero-order chi connectivity index (χ0) is 18.0. The summed E-state index contributed by atoms with van der Waals surface area (Å²) < 4.78 is 26.7. The van der Waals surface area contributed by atoms with Gasteiger partial charge in [0.15, 0.2) is 0 Å². The van der Waals surface area contributed by atoms with E-state index >= 15 is 0 Å². The van der Waals surface area contributed by atoms with Gasteiger partial charge in [-0.05, 0) is 42.3 Å². The van der Waals surface area contributed by atoms with Crippen LogP contribution in [0.1, 0.15) is 22.6 Å². The van der Waals surface area contributed by atoms with Crippen LogP contribution in [0.2, 0.25) is 5.02 Å². The van der Waals surface area contributed by atoms with Crippen LogP contribution in [0.25, 0.3) is 5.57 Å². The number of hydrogen-bond donors (Lipinski definition) is 1. The molecule has 1 N–H and O–H groups in total. The molecule has 3 rings (SSSR count). The minimum absolute atomic E-state index is 0.0348. The van der Waals surface area contributed by atoms with Gasteiger partial charge in [0.25, 0.3) is 0 Å². The summed E-state index contributed by atoms with van der Waals surface area (Å²) in [5, 5.41) is 9.39. The summed E-state index contributed by atoms with van der Waals surface area (Å²) in [4.78, 5) is 15.3. The Balaban J connectivity index is 1.83. The molecule has 6 nitrogen and oxygen atoms in total. The molecule has 0 radical (unpaired) electrons. The van der Waals surface area contributed by atoms with Crippen molar-refractivity contribution in [2.45, 2.75) is 11.3 Å². The van der Waals surface area contributed by atoms with Crippen molar-refractivity contribution in [3.63, 3.8) is 0 Å². The van der Waals surface area contributed by atoms with Crippen molar-refractivity contribution in [2.75, 3.05) is 13.1 Å². The third-order valence-corrected chi connectivity index (χ3v) is 6.00. The van der Waals surface area contributed by atoms with Gasteiger partial charge in [0.05, 0.1) is 10.6 Å². The van der Waals surface area contributed by atoms with Crippen LogP contribution in [0.3, 0.4) is 0 Å². The highest BCUT2D eigenvalue weighted by atomic mass is 35.5. The molecule has 0 spiro atoms. The standard InChI is InChI=1S/C17H15ClN2O4S/c18-13-3-1-4-14(11-13)25(23,24)20-9-7-12(8-10-20)15-5-2-6-16(19-15)17(21)22/h1-7,11H,8-10H2,(H,21,22). The number of pyridine rings is 1. The van der Waals surface area contributed by atoms with Crippen molar-refractivity contribution in [3.05, 3.63) is 65.0 Å². The number of halogens is 1. The van der Waals surface area contributed by atoms with E-state index < -0.39 is 16.0 Å². The average Bonchev–Trinajstić information content (AvgIpc) is 2.62. The fourth-order valence-corrected chi connectivity index (χ4v) is 4.29. The van der Waals surface area contributed by atoms with Gasteiger partial charge in [0.1, 0.15) is 5.69 Å². The molecule has 0 atom stereocenters. The number of benzene rings is 1. The van der Waals surface area contributed by atoms with Crippen molar-refractivity contribution in [3.8, 4) is 0 Å². The Morgan fingerprint density at radius 3 is 2.60 bits per heavy atom. The number of rotatable bonds is 4. The van der Waals surface area contributed by atoms with Crippen LogP contribution < -0.4 is 0 Å². The molecule has 0 saturated heterocycles. The molecule has 0 aliphatic carbocycles. The van der Waals surface area contributed by atoms with Crippen molar-refractivity contribution in [2.24, 2.45) is 0 Å². The molecule has 2 heterocycles. The summed E-state index contributed by atoms with van der Waals surface area (Å²) in [5.41, 5.74) is 1.35. The zero-order valence-electron chi connectivity index (χ0n) is 13.1. The molecule has 1 aliphatic rings.